The van der Waals surface area contributed by atoms with Crippen LogP contribution in [0.3, 0.4) is 0 Å². The summed E-state index contributed by atoms with van der Waals surface area (Å²) in [6.45, 7) is 0.483. The predicted molar refractivity (Wildman–Crippen MR) is 122 cm³/mol. The van der Waals surface area contributed by atoms with E-state index in [0.717, 1.165) is 27.3 Å². The van der Waals surface area contributed by atoms with Gasteiger partial charge in [0, 0.05) is 33.8 Å². The number of rotatable bonds is 7. The smallest absolute Gasteiger partial charge is 0.257 e. The second-order valence-electron chi connectivity index (χ2n) is 6.80. The molecule has 0 bridgehead atoms. The van der Waals surface area contributed by atoms with Crippen LogP contribution in [0, 0.1) is 0 Å². The second-order valence-corrected chi connectivity index (χ2v) is 7.68. The minimum atomic E-state index is -0.212. The summed E-state index contributed by atoms with van der Waals surface area (Å²) in [6.07, 6.45) is 5.29. The number of fused-ring (bicyclic) bond motifs is 1. The predicted octanol–water partition coefficient (Wildman–Crippen LogP) is 4.47. The fraction of sp³-hybridized carbons (Fsp3) is 0.174. The Balaban J connectivity index is 1.54. The van der Waals surface area contributed by atoms with E-state index < -0.39 is 0 Å². The van der Waals surface area contributed by atoms with Crippen LogP contribution in [0.5, 0.6) is 11.5 Å². The molecule has 1 N–H and O–H groups in total. The molecule has 0 spiro atoms. The van der Waals surface area contributed by atoms with E-state index in [1.165, 1.54) is 0 Å². The maximum atomic E-state index is 12.6. The molecule has 2 aromatic carbocycles. The third-order valence-electron chi connectivity index (χ3n) is 4.90. The molecule has 0 aliphatic rings. The van der Waals surface area contributed by atoms with E-state index in [4.69, 9.17) is 9.47 Å². The van der Waals surface area contributed by atoms with Gasteiger partial charge in [-0.05, 0) is 48.7 Å². The summed E-state index contributed by atoms with van der Waals surface area (Å²) < 4.78 is 12.5. The van der Waals surface area contributed by atoms with Gasteiger partial charge in [-0.25, -0.2) is 9.67 Å². The first-order valence-electron chi connectivity index (χ1n) is 9.59. The highest BCUT2D eigenvalue weighted by molar-refractivity contribution is 7.98. The molecule has 4 rings (SSSR count). The molecule has 8 heteroatoms. The zero-order valence-corrected chi connectivity index (χ0v) is 18.3. The van der Waals surface area contributed by atoms with Crippen LogP contribution in [0.25, 0.3) is 11.0 Å². The molecule has 0 saturated heterocycles. The number of hydrogen-bond acceptors (Lipinski definition) is 6. The van der Waals surface area contributed by atoms with E-state index >= 15 is 0 Å². The lowest BCUT2D eigenvalue weighted by atomic mass is 10.2. The van der Waals surface area contributed by atoms with Crippen molar-refractivity contribution < 1.29 is 14.3 Å². The standard InChI is InChI=1S/C23H22N4O3S/c1-29-19-7-4-15(21(11-19)30-2)14-27-22-16(13-25-27)10-17(12-24-22)23(28)26-18-5-8-20(31-3)9-6-18/h4-13H,14H2,1-3H3,(H,26,28). The Hall–Kier alpha value is -3.52. The molecule has 31 heavy (non-hydrogen) atoms. The quantitative estimate of drug-likeness (QED) is 0.433. The van der Waals surface area contributed by atoms with Crippen molar-refractivity contribution >= 4 is 34.4 Å². The van der Waals surface area contributed by atoms with Crippen LogP contribution in [0.15, 0.2) is 65.8 Å². The molecule has 158 valence electrons. The summed E-state index contributed by atoms with van der Waals surface area (Å²) in [5, 5.41) is 8.14. The molecule has 0 atom stereocenters. The van der Waals surface area contributed by atoms with Gasteiger partial charge in [-0.15, -0.1) is 11.8 Å². The van der Waals surface area contributed by atoms with Gasteiger partial charge in [-0.3, -0.25) is 4.79 Å². The SMILES string of the molecule is COc1ccc(Cn2ncc3cc(C(=O)Nc4ccc(SC)cc4)cnc32)c(OC)c1. The fourth-order valence-corrected chi connectivity index (χ4v) is 3.64. The Bertz CT molecular complexity index is 1220. The molecule has 2 heterocycles. The van der Waals surface area contributed by atoms with E-state index in [9.17, 15) is 4.79 Å². The van der Waals surface area contributed by atoms with Gasteiger partial charge in [0.15, 0.2) is 5.65 Å². The summed E-state index contributed by atoms with van der Waals surface area (Å²) in [7, 11) is 3.24. The summed E-state index contributed by atoms with van der Waals surface area (Å²) >= 11 is 1.65. The van der Waals surface area contributed by atoms with Gasteiger partial charge in [0.1, 0.15) is 11.5 Å². The number of amides is 1. The Morgan fingerprint density at radius 2 is 1.87 bits per heavy atom. The number of benzene rings is 2. The molecule has 0 aliphatic carbocycles. The highest BCUT2D eigenvalue weighted by atomic mass is 32.2. The Labute approximate surface area is 184 Å². The third kappa shape index (κ3) is 4.49. The first-order chi connectivity index (χ1) is 15.1. The van der Waals surface area contributed by atoms with E-state index in [0.29, 0.717) is 23.5 Å². The summed E-state index contributed by atoms with van der Waals surface area (Å²) in [6, 6.07) is 15.2. The van der Waals surface area contributed by atoms with Gasteiger partial charge in [-0.2, -0.15) is 5.10 Å². The largest absolute Gasteiger partial charge is 0.497 e. The number of carbonyl (C=O) groups is 1. The maximum Gasteiger partial charge on any atom is 0.257 e. The van der Waals surface area contributed by atoms with Crippen molar-refractivity contribution in [2.45, 2.75) is 11.4 Å². The highest BCUT2D eigenvalue weighted by Crippen LogP contribution is 2.26. The van der Waals surface area contributed by atoms with Crippen LogP contribution in [0.1, 0.15) is 15.9 Å². The molecule has 0 aliphatic heterocycles. The van der Waals surface area contributed by atoms with Gasteiger partial charge < -0.3 is 14.8 Å². The number of aromatic nitrogens is 3. The average Bonchev–Trinajstić information content (AvgIpc) is 3.21. The van der Waals surface area contributed by atoms with Gasteiger partial charge in [0.2, 0.25) is 0 Å². The van der Waals surface area contributed by atoms with Gasteiger partial charge in [-0.1, -0.05) is 0 Å². The number of nitrogens with one attached hydrogen (secondary N) is 1. The van der Waals surface area contributed by atoms with Crippen LogP contribution in [-0.2, 0) is 6.54 Å². The molecule has 7 nitrogen and oxygen atoms in total. The number of hydrogen-bond donors (Lipinski definition) is 1. The van der Waals surface area contributed by atoms with Gasteiger partial charge in [0.05, 0.1) is 32.5 Å². The van der Waals surface area contributed by atoms with Crippen molar-refractivity contribution in [1.29, 1.82) is 0 Å². The van der Waals surface area contributed by atoms with Crippen LogP contribution < -0.4 is 14.8 Å². The number of carbonyl (C=O) groups excluding carboxylic acids is 1. The minimum Gasteiger partial charge on any atom is -0.497 e. The van der Waals surface area contributed by atoms with Crippen molar-refractivity contribution in [3.05, 3.63) is 72.1 Å². The van der Waals surface area contributed by atoms with Crippen LogP contribution in [0.2, 0.25) is 0 Å². The van der Waals surface area contributed by atoms with E-state index in [2.05, 4.69) is 15.4 Å². The number of anilines is 1. The highest BCUT2D eigenvalue weighted by Gasteiger charge is 2.13. The topological polar surface area (TPSA) is 78.3 Å². The van der Waals surface area contributed by atoms with Crippen LogP contribution in [-0.4, -0.2) is 41.1 Å². The van der Waals surface area contributed by atoms with Crippen molar-refractivity contribution in [3.63, 3.8) is 0 Å². The van der Waals surface area contributed by atoms with E-state index in [1.807, 2.05) is 48.7 Å². The Morgan fingerprint density at radius 3 is 2.58 bits per heavy atom. The van der Waals surface area contributed by atoms with Crippen molar-refractivity contribution in [3.8, 4) is 11.5 Å². The summed E-state index contributed by atoms with van der Waals surface area (Å²) in [5.41, 5.74) is 2.86. The van der Waals surface area contributed by atoms with Crippen LogP contribution >= 0.6 is 11.8 Å². The van der Waals surface area contributed by atoms with Crippen molar-refractivity contribution in [2.24, 2.45) is 0 Å². The normalized spacial score (nSPS) is 10.8. The molecular formula is C23H22N4O3S. The van der Waals surface area contributed by atoms with Crippen molar-refractivity contribution in [2.75, 3.05) is 25.8 Å². The molecular weight excluding hydrogens is 412 g/mol. The molecule has 0 radical (unpaired) electrons. The molecule has 4 aromatic rings. The molecule has 0 unspecified atom stereocenters. The van der Waals surface area contributed by atoms with E-state index in [-0.39, 0.29) is 5.91 Å². The Morgan fingerprint density at radius 1 is 1.06 bits per heavy atom. The molecule has 2 aromatic heterocycles. The van der Waals surface area contributed by atoms with E-state index in [1.54, 1.807) is 49.1 Å². The number of methoxy groups -OCH3 is 2. The van der Waals surface area contributed by atoms with Gasteiger partial charge in [0.25, 0.3) is 5.91 Å². The number of ether oxygens (including phenoxy) is 2. The zero-order chi connectivity index (χ0) is 21.8. The summed E-state index contributed by atoms with van der Waals surface area (Å²) in [5.74, 6) is 1.23. The number of pyridine rings is 1. The lowest BCUT2D eigenvalue weighted by Gasteiger charge is -2.11. The average molecular weight is 435 g/mol. The molecule has 0 saturated carbocycles. The monoisotopic (exact) mass is 434 g/mol. The Kier molecular flexibility index (Phi) is 6.08. The molecule has 1 amide bonds. The van der Waals surface area contributed by atoms with Gasteiger partial charge >= 0.3 is 0 Å². The third-order valence-corrected chi connectivity index (χ3v) is 5.64. The van der Waals surface area contributed by atoms with Crippen molar-refractivity contribution in [1.82, 2.24) is 14.8 Å². The first kappa shape index (κ1) is 20.7. The van der Waals surface area contributed by atoms with Crippen LogP contribution in [0.4, 0.5) is 5.69 Å². The number of nitrogens with zero attached hydrogens (tertiary/aromatic N) is 3. The lowest BCUT2D eigenvalue weighted by Crippen LogP contribution is -2.12. The number of thioether (sulfide) groups is 1. The zero-order valence-electron chi connectivity index (χ0n) is 17.5. The molecule has 0 fully saturated rings. The fourth-order valence-electron chi connectivity index (χ4n) is 3.23. The second kappa shape index (κ2) is 9.09. The summed E-state index contributed by atoms with van der Waals surface area (Å²) in [4.78, 5) is 18.3. The lowest BCUT2D eigenvalue weighted by molar-refractivity contribution is 0.102. The first-order valence-corrected chi connectivity index (χ1v) is 10.8. The maximum absolute atomic E-state index is 12.6. The minimum absolute atomic E-state index is 0.212.